The van der Waals surface area contributed by atoms with Gasteiger partial charge in [0.15, 0.2) is 0 Å². The number of aliphatic hydroxyl groups is 1. The number of nitrogens with zero attached hydrogens (tertiary/aromatic N) is 1. The van der Waals surface area contributed by atoms with Gasteiger partial charge in [0.1, 0.15) is 0 Å². The summed E-state index contributed by atoms with van der Waals surface area (Å²) in [5.74, 6) is 0. The molecule has 2 heteroatoms. The van der Waals surface area contributed by atoms with Crippen LogP contribution in [0.15, 0.2) is 18.3 Å². The second kappa shape index (κ2) is 4.30. The van der Waals surface area contributed by atoms with E-state index in [1.807, 2.05) is 0 Å². The van der Waals surface area contributed by atoms with E-state index in [1.165, 1.54) is 27.6 Å². The van der Waals surface area contributed by atoms with Crippen LogP contribution in [0, 0.1) is 13.8 Å². The van der Waals surface area contributed by atoms with Gasteiger partial charge in [-0.25, -0.2) is 0 Å². The topological polar surface area (TPSA) is 25.2 Å². The predicted molar refractivity (Wildman–Crippen MR) is 67.8 cm³/mol. The second-order valence-electron chi connectivity index (χ2n) is 4.57. The molecule has 86 valence electrons. The highest BCUT2D eigenvalue weighted by Gasteiger charge is 2.09. The molecule has 2 rings (SSSR count). The quantitative estimate of drug-likeness (QED) is 0.840. The van der Waals surface area contributed by atoms with E-state index in [4.69, 9.17) is 5.11 Å². The van der Waals surface area contributed by atoms with Gasteiger partial charge in [-0.15, -0.1) is 0 Å². The summed E-state index contributed by atoms with van der Waals surface area (Å²) >= 11 is 0. The molecule has 0 aliphatic carbocycles. The van der Waals surface area contributed by atoms with Crippen molar-refractivity contribution in [3.8, 4) is 0 Å². The van der Waals surface area contributed by atoms with E-state index in [-0.39, 0.29) is 6.61 Å². The number of benzene rings is 1. The molecule has 0 radical (unpaired) electrons. The minimum atomic E-state index is 0.265. The fourth-order valence-corrected chi connectivity index (χ4v) is 2.47. The summed E-state index contributed by atoms with van der Waals surface area (Å²) in [6, 6.07) is 4.45. The molecular formula is C14H19NO. The fourth-order valence-electron chi connectivity index (χ4n) is 2.47. The van der Waals surface area contributed by atoms with Crippen molar-refractivity contribution in [3.63, 3.8) is 0 Å². The van der Waals surface area contributed by atoms with E-state index < -0.39 is 0 Å². The molecule has 2 nitrogen and oxygen atoms in total. The van der Waals surface area contributed by atoms with Crippen LogP contribution in [-0.2, 0) is 13.5 Å². The molecule has 1 heterocycles. The standard InChI is InChI=1S/C14H19NO/c1-10-7-11(2)14-12(5-4-6-16)9-15(3)13(14)8-10/h7-9,16H,4-6H2,1-3H3. The summed E-state index contributed by atoms with van der Waals surface area (Å²) in [6.45, 7) is 4.56. The molecule has 0 aliphatic heterocycles. The van der Waals surface area contributed by atoms with Crippen LogP contribution in [0.4, 0.5) is 0 Å². The van der Waals surface area contributed by atoms with Crippen molar-refractivity contribution in [3.05, 3.63) is 35.0 Å². The van der Waals surface area contributed by atoms with Gasteiger partial charge < -0.3 is 9.67 Å². The van der Waals surface area contributed by atoms with Crippen LogP contribution in [-0.4, -0.2) is 16.3 Å². The zero-order valence-corrected chi connectivity index (χ0v) is 10.2. The first-order valence-electron chi connectivity index (χ1n) is 5.79. The first kappa shape index (κ1) is 11.2. The Morgan fingerprint density at radius 1 is 1.25 bits per heavy atom. The van der Waals surface area contributed by atoms with Crippen molar-refractivity contribution < 1.29 is 5.11 Å². The molecule has 2 aromatic rings. The molecular weight excluding hydrogens is 198 g/mol. The molecule has 0 bridgehead atoms. The summed E-state index contributed by atoms with van der Waals surface area (Å²) in [6.07, 6.45) is 3.98. The van der Waals surface area contributed by atoms with Crippen LogP contribution in [0.3, 0.4) is 0 Å². The Morgan fingerprint density at radius 3 is 2.69 bits per heavy atom. The summed E-state index contributed by atoms with van der Waals surface area (Å²) in [5.41, 5.74) is 5.29. The lowest BCUT2D eigenvalue weighted by Crippen LogP contribution is -1.89. The molecule has 1 aromatic carbocycles. The molecule has 1 aromatic heterocycles. The monoisotopic (exact) mass is 217 g/mol. The zero-order chi connectivity index (χ0) is 11.7. The maximum absolute atomic E-state index is 8.91. The number of aliphatic hydroxyl groups excluding tert-OH is 1. The van der Waals surface area contributed by atoms with Gasteiger partial charge in [0, 0.05) is 30.8 Å². The van der Waals surface area contributed by atoms with Crippen molar-refractivity contribution >= 4 is 10.9 Å². The maximum Gasteiger partial charge on any atom is 0.0485 e. The molecule has 16 heavy (non-hydrogen) atoms. The third kappa shape index (κ3) is 1.85. The van der Waals surface area contributed by atoms with Crippen molar-refractivity contribution in [2.45, 2.75) is 26.7 Å². The minimum Gasteiger partial charge on any atom is -0.396 e. The molecule has 0 fully saturated rings. The summed E-state index contributed by atoms with van der Waals surface area (Å²) in [7, 11) is 2.09. The Bertz CT molecular complexity index is 511. The Morgan fingerprint density at radius 2 is 2.00 bits per heavy atom. The van der Waals surface area contributed by atoms with Crippen molar-refractivity contribution in [1.82, 2.24) is 4.57 Å². The summed E-state index contributed by atoms with van der Waals surface area (Å²) < 4.78 is 2.18. The van der Waals surface area contributed by atoms with Gasteiger partial charge in [-0.1, -0.05) is 6.07 Å². The van der Waals surface area contributed by atoms with Gasteiger partial charge in [0.25, 0.3) is 0 Å². The molecule has 0 spiro atoms. The average Bonchev–Trinajstić information content (AvgIpc) is 2.53. The lowest BCUT2D eigenvalue weighted by atomic mass is 10.0. The number of hydrogen-bond donors (Lipinski definition) is 1. The third-order valence-electron chi connectivity index (χ3n) is 3.11. The number of fused-ring (bicyclic) bond motifs is 1. The van der Waals surface area contributed by atoms with Crippen molar-refractivity contribution in [2.75, 3.05) is 6.61 Å². The molecule has 0 aliphatic rings. The average molecular weight is 217 g/mol. The Balaban J connectivity index is 2.59. The van der Waals surface area contributed by atoms with Crippen molar-refractivity contribution in [2.24, 2.45) is 7.05 Å². The third-order valence-corrected chi connectivity index (χ3v) is 3.11. The van der Waals surface area contributed by atoms with Gasteiger partial charge in [-0.3, -0.25) is 0 Å². The van der Waals surface area contributed by atoms with Crippen LogP contribution >= 0.6 is 0 Å². The van der Waals surface area contributed by atoms with Gasteiger partial charge >= 0.3 is 0 Å². The van der Waals surface area contributed by atoms with Gasteiger partial charge in [0.05, 0.1) is 0 Å². The van der Waals surface area contributed by atoms with E-state index in [2.05, 4.69) is 43.8 Å². The number of rotatable bonds is 3. The first-order valence-corrected chi connectivity index (χ1v) is 5.79. The number of aromatic nitrogens is 1. The zero-order valence-electron chi connectivity index (χ0n) is 10.2. The normalized spacial score (nSPS) is 11.2. The van der Waals surface area contributed by atoms with Crippen LogP contribution in [0.2, 0.25) is 0 Å². The van der Waals surface area contributed by atoms with E-state index in [0.717, 1.165) is 12.8 Å². The highest BCUT2D eigenvalue weighted by molar-refractivity contribution is 5.87. The first-order chi connectivity index (χ1) is 7.63. The van der Waals surface area contributed by atoms with E-state index >= 15 is 0 Å². The summed E-state index contributed by atoms with van der Waals surface area (Å²) in [5, 5.41) is 10.3. The number of hydrogen-bond acceptors (Lipinski definition) is 1. The van der Waals surface area contributed by atoms with Crippen molar-refractivity contribution in [1.29, 1.82) is 0 Å². The highest BCUT2D eigenvalue weighted by atomic mass is 16.2. The van der Waals surface area contributed by atoms with Gasteiger partial charge in [0.2, 0.25) is 0 Å². The molecule has 0 saturated carbocycles. The molecule has 0 unspecified atom stereocenters. The minimum absolute atomic E-state index is 0.265. The Labute approximate surface area is 96.5 Å². The fraction of sp³-hybridized carbons (Fsp3) is 0.429. The molecule has 0 amide bonds. The Kier molecular flexibility index (Phi) is 3.01. The second-order valence-corrected chi connectivity index (χ2v) is 4.57. The SMILES string of the molecule is Cc1cc(C)c2c(CCCO)cn(C)c2c1. The van der Waals surface area contributed by atoms with E-state index in [9.17, 15) is 0 Å². The highest BCUT2D eigenvalue weighted by Crippen LogP contribution is 2.26. The lowest BCUT2D eigenvalue weighted by Gasteiger charge is -2.03. The molecule has 1 N–H and O–H groups in total. The molecule has 0 saturated heterocycles. The van der Waals surface area contributed by atoms with Crippen LogP contribution in [0.25, 0.3) is 10.9 Å². The maximum atomic E-state index is 8.91. The Hall–Kier alpha value is -1.28. The van der Waals surface area contributed by atoms with E-state index in [1.54, 1.807) is 0 Å². The van der Waals surface area contributed by atoms with Gasteiger partial charge in [-0.05, 0) is 49.4 Å². The van der Waals surface area contributed by atoms with Gasteiger partial charge in [-0.2, -0.15) is 0 Å². The molecule has 0 atom stereocenters. The largest absolute Gasteiger partial charge is 0.396 e. The van der Waals surface area contributed by atoms with Crippen LogP contribution < -0.4 is 0 Å². The van der Waals surface area contributed by atoms with E-state index in [0.29, 0.717) is 0 Å². The van der Waals surface area contributed by atoms with Crippen LogP contribution in [0.5, 0.6) is 0 Å². The predicted octanol–water partition coefficient (Wildman–Crippen LogP) is 2.72. The lowest BCUT2D eigenvalue weighted by molar-refractivity contribution is 0.288. The smallest absolute Gasteiger partial charge is 0.0485 e. The summed E-state index contributed by atoms with van der Waals surface area (Å²) in [4.78, 5) is 0. The van der Waals surface area contributed by atoms with Crippen LogP contribution in [0.1, 0.15) is 23.1 Å². The number of aryl methyl sites for hydroxylation is 4.